The molecule has 10 heteroatoms. The first-order chi connectivity index (χ1) is 8.49. The fourth-order valence-electron chi connectivity index (χ4n) is 1.39. The smallest absolute Gasteiger partial charge is 0.390 e. The van der Waals surface area contributed by atoms with E-state index in [4.69, 9.17) is 0 Å². The number of hydrogen-bond donors (Lipinski definition) is 2. The summed E-state index contributed by atoms with van der Waals surface area (Å²) in [5, 5.41) is 10.7. The van der Waals surface area contributed by atoms with Crippen molar-refractivity contribution in [1.29, 1.82) is 0 Å². The molecule has 0 saturated heterocycles. The van der Waals surface area contributed by atoms with Gasteiger partial charge in [-0.2, -0.15) is 0 Å². The fourth-order valence-corrected chi connectivity index (χ4v) is 1.72. The molecule has 0 aliphatic heterocycles. The summed E-state index contributed by atoms with van der Waals surface area (Å²) >= 11 is 3.00. The summed E-state index contributed by atoms with van der Waals surface area (Å²) in [6.45, 7) is -0.0456. The van der Waals surface area contributed by atoms with Crippen LogP contribution < -0.4 is 11.2 Å². The Hall–Kier alpha value is -2.23. The summed E-state index contributed by atoms with van der Waals surface area (Å²) in [5.41, 5.74) is -1.05. The van der Waals surface area contributed by atoms with Crippen molar-refractivity contribution in [3.8, 4) is 0 Å². The van der Waals surface area contributed by atoms with E-state index in [9.17, 15) is 19.7 Å². The molecule has 0 bridgehead atoms. The van der Waals surface area contributed by atoms with Gasteiger partial charge in [0.15, 0.2) is 0 Å². The van der Waals surface area contributed by atoms with Gasteiger partial charge in [-0.15, -0.1) is 0 Å². The SMILES string of the molecule is O=c1[nH]c(Cn2ccnc2[N+](=O)[O-])c(Br)c(=O)[nH]1. The second-order valence-electron chi connectivity index (χ2n) is 3.31. The highest BCUT2D eigenvalue weighted by Gasteiger charge is 2.16. The molecule has 2 N–H and O–H groups in total. The number of nitro groups is 1. The van der Waals surface area contributed by atoms with E-state index in [1.54, 1.807) is 0 Å². The van der Waals surface area contributed by atoms with E-state index in [0.717, 1.165) is 0 Å². The topological polar surface area (TPSA) is 127 Å². The predicted octanol–water partition coefficient (Wildman–Crippen LogP) is -0.0213. The lowest BCUT2D eigenvalue weighted by Crippen LogP contribution is -2.26. The van der Waals surface area contributed by atoms with E-state index >= 15 is 0 Å². The minimum Gasteiger partial charge on any atom is -0.390 e. The lowest BCUT2D eigenvalue weighted by atomic mass is 10.4. The molecule has 0 aromatic carbocycles. The number of H-pyrrole nitrogens is 2. The molecule has 0 fully saturated rings. The van der Waals surface area contributed by atoms with Gasteiger partial charge in [0.25, 0.3) is 5.56 Å². The van der Waals surface area contributed by atoms with Gasteiger partial charge in [-0.1, -0.05) is 4.98 Å². The van der Waals surface area contributed by atoms with Gasteiger partial charge in [0.1, 0.15) is 23.4 Å². The molecule has 9 nitrogen and oxygen atoms in total. The number of imidazole rings is 1. The van der Waals surface area contributed by atoms with E-state index in [0.29, 0.717) is 0 Å². The second-order valence-corrected chi connectivity index (χ2v) is 4.11. The molecule has 94 valence electrons. The summed E-state index contributed by atoms with van der Waals surface area (Å²) in [5.74, 6) is -0.372. The van der Waals surface area contributed by atoms with Crippen molar-refractivity contribution < 1.29 is 4.92 Å². The number of halogens is 1. The number of aromatic amines is 2. The summed E-state index contributed by atoms with van der Waals surface area (Å²) in [6.07, 6.45) is 2.64. The molecule has 0 aliphatic rings. The predicted molar refractivity (Wildman–Crippen MR) is 63.4 cm³/mol. The average Bonchev–Trinajstić information content (AvgIpc) is 2.73. The Morgan fingerprint density at radius 2 is 2.17 bits per heavy atom. The minimum atomic E-state index is -0.680. The van der Waals surface area contributed by atoms with Crippen LogP contribution in [0.4, 0.5) is 5.95 Å². The van der Waals surface area contributed by atoms with Crippen LogP contribution in [0.2, 0.25) is 0 Å². The van der Waals surface area contributed by atoms with Crippen molar-refractivity contribution in [3.63, 3.8) is 0 Å². The Balaban J connectivity index is 2.46. The summed E-state index contributed by atoms with van der Waals surface area (Å²) < 4.78 is 1.32. The molecule has 0 atom stereocenters. The van der Waals surface area contributed by atoms with Crippen LogP contribution in [0.15, 0.2) is 26.5 Å². The van der Waals surface area contributed by atoms with Crippen LogP contribution in [0.25, 0.3) is 0 Å². The summed E-state index contributed by atoms with van der Waals surface area (Å²) in [4.78, 5) is 40.4. The van der Waals surface area contributed by atoms with Crippen molar-refractivity contribution in [2.75, 3.05) is 0 Å². The lowest BCUT2D eigenvalue weighted by molar-refractivity contribution is -0.396. The normalized spacial score (nSPS) is 10.5. The highest BCUT2D eigenvalue weighted by atomic mass is 79.9. The van der Waals surface area contributed by atoms with Gasteiger partial charge in [-0.3, -0.25) is 9.78 Å². The van der Waals surface area contributed by atoms with Gasteiger partial charge in [0.05, 0.1) is 5.69 Å². The Morgan fingerprint density at radius 1 is 1.44 bits per heavy atom. The van der Waals surface area contributed by atoms with Crippen LogP contribution in [0.1, 0.15) is 5.69 Å². The third-order valence-electron chi connectivity index (χ3n) is 2.14. The summed E-state index contributed by atoms with van der Waals surface area (Å²) in [6, 6.07) is 0. The van der Waals surface area contributed by atoms with Gasteiger partial charge in [0.2, 0.25) is 0 Å². The van der Waals surface area contributed by atoms with Crippen LogP contribution >= 0.6 is 15.9 Å². The maximum atomic E-state index is 11.3. The monoisotopic (exact) mass is 315 g/mol. The molecule has 2 heterocycles. The van der Waals surface area contributed by atoms with Crippen molar-refractivity contribution >= 4 is 21.9 Å². The maximum absolute atomic E-state index is 11.3. The zero-order valence-electron chi connectivity index (χ0n) is 8.71. The number of rotatable bonds is 3. The summed E-state index contributed by atoms with van der Waals surface area (Å²) in [7, 11) is 0. The Bertz CT molecular complexity index is 715. The van der Waals surface area contributed by atoms with Gasteiger partial charge in [0, 0.05) is 0 Å². The third-order valence-corrected chi connectivity index (χ3v) is 2.98. The first-order valence-electron chi connectivity index (χ1n) is 4.65. The molecular weight excluding hydrogens is 310 g/mol. The molecule has 18 heavy (non-hydrogen) atoms. The Morgan fingerprint density at radius 3 is 2.83 bits per heavy atom. The van der Waals surface area contributed by atoms with Crippen LogP contribution in [0.5, 0.6) is 0 Å². The molecular formula is C8H6BrN5O4. The number of hydrogen-bond acceptors (Lipinski definition) is 5. The zero-order valence-corrected chi connectivity index (χ0v) is 10.3. The molecule has 0 spiro atoms. The van der Waals surface area contributed by atoms with Crippen LogP contribution in [0, 0.1) is 10.1 Å². The molecule has 0 unspecified atom stereocenters. The van der Waals surface area contributed by atoms with E-state index < -0.39 is 16.2 Å². The van der Waals surface area contributed by atoms with Gasteiger partial charge in [-0.05, 0) is 20.9 Å². The maximum Gasteiger partial charge on any atom is 0.434 e. The third kappa shape index (κ3) is 2.22. The largest absolute Gasteiger partial charge is 0.434 e. The van der Waals surface area contributed by atoms with E-state index in [-0.39, 0.29) is 22.7 Å². The van der Waals surface area contributed by atoms with Crippen molar-refractivity contribution in [2.45, 2.75) is 6.54 Å². The van der Waals surface area contributed by atoms with E-state index in [2.05, 4.69) is 25.9 Å². The first-order valence-corrected chi connectivity index (χ1v) is 5.45. The van der Waals surface area contributed by atoms with Crippen molar-refractivity contribution in [2.24, 2.45) is 0 Å². The average molecular weight is 316 g/mol. The zero-order chi connectivity index (χ0) is 13.3. The van der Waals surface area contributed by atoms with Crippen molar-refractivity contribution in [1.82, 2.24) is 19.5 Å². The highest BCUT2D eigenvalue weighted by Crippen LogP contribution is 2.13. The molecule has 2 aromatic rings. The molecule has 2 rings (SSSR count). The van der Waals surface area contributed by atoms with Crippen molar-refractivity contribution in [3.05, 3.63) is 53.5 Å². The van der Waals surface area contributed by atoms with Gasteiger partial charge >= 0.3 is 11.6 Å². The van der Waals surface area contributed by atoms with Crippen LogP contribution in [-0.2, 0) is 6.54 Å². The Labute approximate surface area is 107 Å². The number of aromatic nitrogens is 4. The Kier molecular flexibility index (Phi) is 3.10. The van der Waals surface area contributed by atoms with Gasteiger partial charge < -0.3 is 15.1 Å². The minimum absolute atomic E-state index is 0.0456. The lowest BCUT2D eigenvalue weighted by Gasteiger charge is -2.03. The van der Waals surface area contributed by atoms with Crippen LogP contribution in [0.3, 0.4) is 0 Å². The quantitative estimate of drug-likeness (QED) is 0.607. The number of nitrogens with one attached hydrogen (secondary N) is 2. The fraction of sp³-hybridized carbons (Fsp3) is 0.125. The van der Waals surface area contributed by atoms with Gasteiger partial charge in [-0.25, -0.2) is 9.36 Å². The molecule has 0 aliphatic carbocycles. The standard InChI is InChI=1S/C8H6BrN5O4/c9-5-4(11-7(16)12-6(5)15)3-13-2-1-10-8(13)14(17)18/h1-2H,3H2,(H2,11,12,15,16). The molecule has 0 radical (unpaired) electrons. The van der Waals surface area contributed by atoms with E-state index in [1.165, 1.54) is 17.0 Å². The second kappa shape index (κ2) is 4.56. The number of nitrogens with zero attached hydrogens (tertiary/aromatic N) is 3. The molecule has 0 saturated carbocycles. The highest BCUT2D eigenvalue weighted by molar-refractivity contribution is 9.10. The van der Waals surface area contributed by atoms with E-state index in [1.807, 2.05) is 4.98 Å². The first kappa shape index (κ1) is 12.2. The van der Waals surface area contributed by atoms with Crippen LogP contribution in [-0.4, -0.2) is 24.4 Å². The molecule has 2 aromatic heterocycles. The molecule has 0 amide bonds.